The first-order valence-corrected chi connectivity index (χ1v) is 9.32. The number of nitrogens with zero attached hydrogens (tertiary/aromatic N) is 1. The Kier molecular flexibility index (Phi) is 4.64. The molecule has 3 nitrogen and oxygen atoms in total. The average Bonchev–Trinajstić information content (AvgIpc) is 2.58. The molecule has 0 amide bonds. The molecule has 1 radical (unpaired) electrons. The van der Waals surface area contributed by atoms with Gasteiger partial charge in [0.15, 0.2) is 9.84 Å². The van der Waals surface area contributed by atoms with Gasteiger partial charge in [-0.05, 0) is 55.3 Å². The van der Waals surface area contributed by atoms with Crippen LogP contribution in [0.4, 0.5) is 8.78 Å². The van der Waals surface area contributed by atoms with Crippen molar-refractivity contribution in [3.05, 3.63) is 64.7 Å². The summed E-state index contributed by atoms with van der Waals surface area (Å²) in [5.41, 5.74) is -0.132. The number of hydrogen-bond donors (Lipinski definition) is 0. The maximum atomic E-state index is 14.4. The van der Waals surface area contributed by atoms with Crippen LogP contribution in [0.15, 0.2) is 47.4 Å². The first kappa shape index (κ1) is 17.3. The highest BCUT2D eigenvalue weighted by Crippen LogP contribution is 2.44. The Morgan fingerprint density at radius 1 is 1.00 bits per heavy atom. The number of sulfone groups is 1. The third kappa shape index (κ3) is 2.83. The van der Waals surface area contributed by atoms with Gasteiger partial charge >= 0.3 is 0 Å². The lowest BCUT2D eigenvalue weighted by Gasteiger charge is -2.37. The Hall–Kier alpha value is -1.50. The fraction of sp³-hybridized carbons (Fsp3) is 0.294. The molecule has 0 saturated carbocycles. The molecule has 0 unspecified atom stereocenters. The van der Waals surface area contributed by atoms with Crippen LogP contribution in [0.2, 0.25) is 5.02 Å². The highest BCUT2D eigenvalue weighted by molar-refractivity contribution is 7.92. The first-order valence-electron chi connectivity index (χ1n) is 7.46. The van der Waals surface area contributed by atoms with Crippen LogP contribution >= 0.6 is 11.6 Å². The van der Waals surface area contributed by atoms with Crippen LogP contribution in [-0.2, 0) is 14.6 Å². The maximum absolute atomic E-state index is 14.4. The van der Waals surface area contributed by atoms with E-state index < -0.39 is 26.2 Å². The topological polar surface area (TPSA) is 48.2 Å². The SMILES string of the molecule is O=S(=O)(c1ccc(Cl)cc1)C1(c2cc(F)ccc2F)CC[N]CC1. The lowest BCUT2D eigenvalue weighted by molar-refractivity contribution is 0.377. The second-order valence-corrected chi connectivity index (χ2v) is 8.44. The van der Waals surface area contributed by atoms with Crippen LogP contribution in [0, 0.1) is 11.6 Å². The van der Waals surface area contributed by atoms with Crippen molar-refractivity contribution in [2.75, 3.05) is 13.1 Å². The molecule has 0 aromatic heterocycles. The molecule has 7 heteroatoms. The van der Waals surface area contributed by atoms with Gasteiger partial charge in [0, 0.05) is 23.7 Å². The van der Waals surface area contributed by atoms with Crippen LogP contribution in [-0.4, -0.2) is 21.5 Å². The summed E-state index contributed by atoms with van der Waals surface area (Å²) in [6.07, 6.45) is 0.219. The predicted molar refractivity (Wildman–Crippen MR) is 87.8 cm³/mol. The Morgan fingerprint density at radius 2 is 1.62 bits per heavy atom. The van der Waals surface area contributed by atoms with Crippen LogP contribution < -0.4 is 5.32 Å². The van der Waals surface area contributed by atoms with Crippen molar-refractivity contribution in [2.24, 2.45) is 0 Å². The fourth-order valence-electron chi connectivity index (χ4n) is 3.12. The summed E-state index contributed by atoms with van der Waals surface area (Å²) in [4.78, 5) is 0.0393. The van der Waals surface area contributed by atoms with E-state index in [0.717, 1.165) is 18.2 Å². The molecule has 1 saturated heterocycles. The first-order chi connectivity index (χ1) is 11.4. The molecule has 24 heavy (non-hydrogen) atoms. The fourth-order valence-corrected chi connectivity index (χ4v) is 5.36. The summed E-state index contributed by atoms with van der Waals surface area (Å²) in [7, 11) is -3.96. The second kappa shape index (κ2) is 6.43. The molecule has 127 valence electrons. The number of halogens is 3. The normalized spacial score (nSPS) is 17.6. The van der Waals surface area contributed by atoms with Gasteiger partial charge in [0.1, 0.15) is 16.4 Å². The van der Waals surface area contributed by atoms with Crippen molar-refractivity contribution in [1.82, 2.24) is 5.32 Å². The maximum Gasteiger partial charge on any atom is 0.188 e. The molecule has 0 bridgehead atoms. The van der Waals surface area contributed by atoms with Crippen LogP contribution in [0.3, 0.4) is 0 Å². The number of piperidine rings is 1. The Morgan fingerprint density at radius 3 is 2.25 bits per heavy atom. The highest BCUT2D eigenvalue weighted by atomic mass is 35.5. The van der Waals surface area contributed by atoms with Gasteiger partial charge < -0.3 is 0 Å². The van der Waals surface area contributed by atoms with E-state index in [1.807, 2.05) is 0 Å². The van der Waals surface area contributed by atoms with Crippen molar-refractivity contribution < 1.29 is 17.2 Å². The van der Waals surface area contributed by atoms with E-state index in [0.29, 0.717) is 5.02 Å². The smallest absolute Gasteiger partial charge is 0.188 e. The Bertz CT molecular complexity index is 847. The molecule has 3 rings (SSSR count). The van der Waals surface area contributed by atoms with Crippen LogP contribution in [0.5, 0.6) is 0 Å². The van der Waals surface area contributed by atoms with Gasteiger partial charge in [0.05, 0.1) is 4.90 Å². The molecule has 2 aromatic carbocycles. The van der Waals surface area contributed by atoms with Crippen LogP contribution in [0.1, 0.15) is 18.4 Å². The van der Waals surface area contributed by atoms with Gasteiger partial charge in [-0.25, -0.2) is 22.5 Å². The van der Waals surface area contributed by atoms with Gasteiger partial charge in [-0.3, -0.25) is 0 Å². The summed E-state index contributed by atoms with van der Waals surface area (Å²) in [6.45, 7) is 0.561. The molecule has 0 aliphatic carbocycles. The minimum Gasteiger partial charge on any atom is -0.242 e. The Labute approximate surface area is 144 Å². The average molecular weight is 371 g/mol. The molecule has 0 atom stereocenters. The van der Waals surface area contributed by atoms with Crippen molar-refractivity contribution in [3.8, 4) is 0 Å². The molecule has 1 aliphatic heterocycles. The zero-order chi connectivity index (χ0) is 17.4. The molecular formula is C17H15ClF2NO2S. The van der Waals surface area contributed by atoms with Gasteiger partial charge in [-0.1, -0.05) is 11.6 Å². The van der Waals surface area contributed by atoms with Crippen molar-refractivity contribution >= 4 is 21.4 Å². The number of rotatable bonds is 3. The number of hydrogen-bond acceptors (Lipinski definition) is 2. The molecule has 1 aliphatic rings. The number of benzene rings is 2. The van der Waals surface area contributed by atoms with E-state index in [1.54, 1.807) is 0 Å². The third-order valence-electron chi connectivity index (χ3n) is 4.41. The van der Waals surface area contributed by atoms with Gasteiger partial charge in [-0.2, -0.15) is 0 Å². The molecule has 0 N–H and O–H groups in total. The quantitative estimate of drug-likeness (QED) is 0.827. The van der Waals surface area contributed by atoms with Gasteiger partial charge in [0.2, 0.25) is 0 Å². The predicted octanol–water partition coefficient (Wildman–Crippen LogP) is 3.69. The summed E-state index contributed by atoms with van der Waals surface area (Å²) in [6, 6.07) is 8.65. The van der Waals surface area contributed by atoms with E-state index in [1.165, 1.54) is 24.3 Å². The molecule has 0 spiro atoms. The van der Waals surface area contributed by atoms with E-state index >= 15 is 0 Å². The minimum absolute atomic E-state index is 0.0393. The van der Waals surface area contributed by atoms with Crippen molar-refractivity contribution in [1.29, 1.82) is 0 Å². The van der Waals surface area contributed by atoms with E-state index in [4.69, 9.17) is 11.6 Å². The third-order valence-corrected chi connectivity index (χ3v) is 7.21. The lowest BCUT2D eigenvalue weighted by Crippen LogP contribution is -2.44. The molecule has 1 heterocycles. The molecule has 1 fully saturated rings. The standard InChI is InChI=1S/C17H15ClF2NO2S/c18-12-1-4-14(5-2-12)24(22,23)17(7-9-21-10-8-17)15-11-13(19)3-6-16(15)20/h1-6,11H,7-10H2. The van der Waals surface area contributed by atoms with Gasteiger partial charge in [0.25, 0.3) is 0 Å². The summed E-state index contributed by atoms with van der Waals surface area (Å²) in [5, 5.41) is 4.57. The van der Waals surface area contributed by atoms with E-state index in [2.05, 4.69) is 5.32 Å². The highest BCUT2D eigenvalue weighted by Gasteiger charge is 2.48. The Balaban J connectivity index is 2.22. The molecule has 2 aromatic rings. The van der Waals surface area contributed by atoms with Crippen molar-refractivity contribution in [3.63, 3.8) is 0 Å². The zero-order valence-corrected chi connectivity index (χ0v) is 14.2. The monoisotopic (exact) mass is 370 g/mol. The summed E-state index contributed by atoms with van der Waals surface area (Å²) < 4.78 is 53.2. The zero-order valence-electron chi connectivity index (χ0n) is 12.7. The summed E-state index contributed by atoms with van der Waals surface area (Å²) >= 11 is 5.83. The second-order valence-electron chi connectivity index (χ2n) is 5.75. The van der Waals surface area contributed by atoms with E-state index in [9.17, 15) is 17.2 Å². The lowest BCUT2D eigenvalue weighted by atomic mass is 9.88. The largest absolute Gasteiger partial charge is 0.242 e. The van der Waals surface area contributed by atoms with Crippen LogP contribution in [0.25, 0.3) is 0 Å². The minimum atomic E-state index is -3.96. The van der Waals surface area contributed by atoms with Crippen molar-refractivity contribution in [2.45, 2.75) is 22.5 Å². The summed E-state index contributed by atoms with van der Waals surface area (Å²) in [5.74, 6) is -1.39. The van der Waals surface area contributed by atoms with Gasteiger partial charge in [-0.15, -0.1) is 0 Å². The molecular weight excluding hydrogens is 356 g/mol. The van der Waals surface area contributed by atoms with E-state index in [-0.39, 0.29) is 36.4 Å².